The van der Waals surface area contributed by atoms with Crippen molar-refractivity contribution >= 4 is 5.71 Å². The monoisotopic (exact) mass is 273 g/mol. The van der Waals surface area contributed by atoms with Gasteiger partial charge in [-0.15, -0.1) is 10.2 Å². The molecular formula is C15H19N3O2. The standard InChI is InChI=1S/C15H19N3O2/c1-5-12(4)18-19-9-14-16-17-15(20-14)13-7-6-10(2)11(3)8-13/h6-8H,5,9H2,1-4H3. The van der Waals surface area contributed by atoms with E-state index in [0.29, 0.717) is 11.8 Å². The van der Waals surface area contributed by atoms with E-state index in [4.69, 9.17) is 9.25 Å². The van der Waals surface area contributed by atoms with Crippen molar-refractivity contribution in [1.82, 2.24) is 10.2 Å². The summed E-state index contributed by atoms with van der Waals surface area (Å²) < 4.78 is 5.56. The van der Waals surface area contributed by atoms with E-state index < -0.39 is 0 Å². The molecule has 1 heterocycles. The zero-order valence-corrected chi connectivity index (χ0v) is 12.3. The van der Waals surface area contributed by atoms with Gasteiger partial charge in [-0.3, -0.25) is 0 Å². The molecule has 1 aromatic carbocycles. The van der Waals surface area contributed by atoms with Gasteiger partial charge in [0, 0.05) is 5.56 Å². The Morgan fingerprint density at radius 3 is 2.75 bits per heavy atom. The lowest BCUT2D eigenvalue weighted by Crippen LogP contribution is -1.92. The van der Waals surface area contributed by atoms with Gasteiger partial charge in [0.15, 0.2) is 6.61 Å². The first kappa shape index (κ1) is 14.2. The van der Waals surface area contributed by atoms with Crippen molar-refractivity contribution in [3.8, 4) is 11.5 Å². The second-order valence-electron chi connectivity index (χ2n) is 4.75. The molecule has 0 bridgehead atoms. The molecule has 0 saturated carbocycles. The number of oxime groups is 1. The number of aryl methyl sites for hydroxylation is 2. The maximum atomic E-state index is 5.56. The van der Waals surface area contributed by atoms with Crippen molar-refractivity contribution in [3.05, 3.63) is 35.2 Å². The SMILES string of the molecule is CCC(C)=NOCc1nnc(-c2ccc(C)c(C)c2)o1. The Morgan fingerprint density at radius 2 is 2.05 bits per heavy atom. The maximum Gasteiger partial charge on any atom is 0.257 e. The van der Waals surface area contributed by atoms with Crippen LogP contribution in [0.15, 0.2) is 27.8 Å². The van der Waals surface area contributed by atoms with Crippen LogP contribution in [-0.2, 0) is 11.4 Å². The van der Waals surface area contributed by atoms with Gasteiger partial charge >= 0.3 is 0 Å². The zero-order chi connectivity index (χ0) is 14.5. The molecule has 0 atom stereocenters. The van der Waals surface area contributed by atoms with Crippen molar-refractivity contribution in [2.75, 3.05) is 0 Å². The van der Waals surface area contributed by atoms with Crippen LogP contribution in [0.4, 0.5) is 0 Å². The van der Waals surface area contributed by atoms with Gasteiger partial charge in [0.2, 0.25) is 5.89 Å². The van der Waals surface area contributed by atoms with Gasteiger partial charge in [-0.1, -0.05) is 18.1 Å². The number of nitrogens with zero attached hydrogens (tertiary/aromatic N) is 3. The fourth-order valence-corrected chi connectivity index (χ4v) is 1.57. The van der Waals surface area contributed by atoms with Crippen molar-refractivity contribution in [2.45, 2.75) is 40.7 Å². The predicted octanol–water partition coefficient (Wildman–Crippen LogP) is 3.66. The van der Waals surface area contributed by atoms with E-state index in [9.17, 15) is 0 Å². The molecule has 0 saturated heterocycles. The predicted molar refractivity (Wildman–Crippen MR) is 77.4 cm³/mol. The van der Waals surface area contributed by atoms with Gasteiger partial charge in [-0.05, 0) is 50.5 Å². The van der Waals surface area contributed by atoms with E-state index in [1.165, 1.54) is 11.1 Å². The number of hydrogen-bond acceptors (Lipinski definition) is 5. The molecule has 0 amide bonds. The minimum absolute atomic E-state index is 0.190. The summed E-state index contributed by atoms with van der Waals surface area (Å²) in [5.74, 6) is 0.925. The Hall–Kier alpha value is -2.17. The third kappa shape index (κ3) is 3.44. The largest absolute Gasteiger partial charge is 0.417 e. The van der Waals surface area contributed by atoms with Gasteiger partial charge in [0.05, 0.1) is 5.71 Å². The molecule has 5 heteroatoms. The van der Waals surface area contributed by atoms with Crippen molar-refractivity contribution in [1.29, 1.82) is 0 Å². The molecular weight excluding hydrogens is 254 g/mol. The molecule has 2 aromatic rings. The van der Waals surface area contributed by atoms with Crippen molar-refractivity contribution in [3.63, 3.8) is 0 Å². The summed E-state index contributed by atoms with van der Waals surface area (Å²) in [6.45, 7) is 8.25. The van der Waals surface area contributed by atoms with Crippen LogP contribution < -0.4 is 0 Å². The smallest absolute Gasteiger partial charge is 0.257 e. The highest BCUT2D eigenvalue weighted by atomic mass is 16.6. The van der Waals surface area contributed by atoms with Crippen molar-refractivity contribution < 1.29 is 9.25 Å². The van der Waals surface area contributed by atoms with Crippen LogP contribution in [0.1, 0.15) is 37.3 Å². The van der Waals surface area contributed by atoms with Crippen LogP contribution in [0, 0.1) is 13.8 Å². The fourth-order valence-electron chi connectivity index (χ4n) is 1.57. The summed E-state index contributed by atoms with van der Waals surface area (Å²) in [5.41, 5.74) is 4.28. The van der Waals surface area contributed by atoms with E-state index in [1.54, 1.807) is 0 Å². The number of aromatic nitrogens is 2. The minimum atomic E-state index is 0.190. The van der Waals surface area contributed by atoms with Crippen LogP contribution in [-0.4, -0.2) is 15.9 Å². The molecule has 0 radical (unpaired) electrons. The second-order valence-corrected chi connectivity index (χ2v) is 4.75. The Balaban J connectivity index is 2.06. The molecule has 0 aliphatic rings. The lowest BCUT2D eigenvalue weighted by Gasteiger charge is -2.01. The maximum absolute atomic E-state index is 5.56. The van der Waals surface area contributed by atoms with E-state index in [-0.39, 0.29) is 6.61 Å². The number of benzene rings is 1. The molecule has 0 aliphatic carbocycles. The third-order valence-corrected chi connectivity index (χ3v) is 3.14. The highest BCUT2D eigenvalue weighted by Gasteiger charge is 2.09. The lowest BCUT2D eigenvalue weighted by molar-refractivity contribution is 0.110. The van der Waals surface area contributed by atoms with E-state index >= 15 is 0 Å². The topological polar surface area (TPSA) is 60.5 Å². The van der Waals surface area contributed by atoms with Crippen LogP contribution in [0.2, 0.25) is 0 Å². The average Bonchev–Trinajstić information content (AvgIpc) is 2.90. The number of rotatable bonds is 5. The minimum Gasteiger partial charge on any atom is -0.417 e. The summed E-state index contributed by atoms with van der Waals surface area (Å²) in [4.78, 5) is 5.16. The van der Waals surface area contributed by atoms with Gasteiger partial charge in [0.25, 0.3) is 5.89 Å². The summed E-state index contributed by atoms with van der Waals surface area (Å²) in [6, 6.07) is 6.05. The van der Waals surface area contributed by atoms with Gasteiger partial charge in [0.1, 0.15) is 0 Å². The first-order chi connectivity index (χ1) is 9.60. The van der Waals surface area contributed by atoms with Gasteiger partial charge in [-0.2, -0.15) is 0 Å². The quantitative estimate of drug-likeness (QED) is 0.616. The normalized spacial score (nSPS) is 11.7. The molecule has 5 nitrogen and oxygen atoms in total. The Labute approximate surface area is 118 Å². The highest BCUT2D eigenvalue weighted by Crippen LogP contribution is 2.21. The summed E-state index contributed by atoms with van der Waals surface area (Å²) >= 11 is 0. The average molecular weight is 273 g/mol. The van der Waals surface area contributed by atoms with Gasteiger partial charge in [-0.25, -0.2) is 0 Å². The zero-order valence-electron chi connectivity index (χ0n) is 12.3. The Bertz CT molecular complexity index is 617. The van der Waals surface area contributed by atoms with Crippen LogP contribution >= 0.6 is 0 Å². The van der Waals surface area contributed by atoms with Crippen molar-refractivity contribution in [2.24, 2.45) is 5.16 Å². The van der Waals surface area contributed by atoms with Crippen LogP contribution in [0.3, 0.4) is 0 Å². The third-order valence-electron chi connectivity index (χ3n) is 3.14. The first-order valence-corrected chi connectivity index (χ1v) is 6.65. The molecule has 20 heavy (non-hydrogen) atoms. The molecule has 1 aromatic heterocycles. The highest BCUT2D eigenvalue weighted by molar-refractivity contribution is 5.80. The fraction of sp³-hybridized carbons (Fsp3) is 0.400. The van der Waals surface area contributed by atoms with Gasteiger partial charge < -0.3 is 9.25 Å². The lowest BCUT2D eigenvalue weighted by atomic mass is 10.1. The second kappa shape index (κ2) is 6.32. The Morgan fingerprint density at radius 1 is 1.25 bits per heavy atom. The van der Waals surface area contributed by atoms with E-state index in [0.717, 1.165) is 17.7 Å². The molecule has 0 fully saturated rings. The summed E-state index contributed by atoms with van der Waals surface area (Å²) in [5, 5.41) is 11.9. The van der Waals surface area contributed by atoms with E-state index in [2.05, 4.69) is 29.2 Å². The Kier molecular flexibility index (Phi) is 4.50. The van der Waals surface area contributed by atoms with Crippen LogP contribution in [0.25, 0.3) is 11.5 Å². The molecule has 0 aliphatic heterocycles. The first-order valence-electron chi connectivity index (χ1n) is 6.65. The number of hydrogen-bond donors (Lipinski definition) is 0. The molecule has 0 spiro atoms. The molecule has 0 unspecified atom stereocenters. The summed E-state index contributed by atoms with van der Waals surface area (Å²) in [7, 11) is 0. The molecule has 2 rings (SSSR count). The van der Waals surface area contributed by atoms with Crippen LogP contribution in [0.5, 0.6) is 0 Å². The molecule has 106 valence electrons. The van der Waals surface area contributed by atoms with E-state index in [1.807, 2.05) is 32.0 Å². The molecule has 0 N–H and O–H groups in total. The summed E-state index contributed by atoms with van der Waals surface area (Å²) in [6.07, 6.45) is 0.859.